The predicted molar refractivity (Wildman–Crippen MR) is 87.6 cm³/mol. The number of hydrogen-bond donors (Lipinski definition) is 2. The molecule has 0 spiro atoms. The lowest BCUT2D eigenvalue weighted by molar-refractivity contribution is 0.00622. The molecule has 4 nitrogen and oxygen atoms in total. The van der Waals surface area contributed by atoms with Crippen LogP contribution in [-0.4, -0.2) is 38.9 Å². The summed E-state index contributed by atoms with van der Waals surface area (Å²) in [5.74, 6) is -0.194. The highest BCUT2D eigenvalue weighted by Crippen LogP contribution is 2.25. The van der Waals surface area contributed by atoms with Crippen LogP contribution >= 0.6 is 0 Å². The number of aryl methyl sites for hydroxylation is 2. The van der Waals surface area contributed by atoms with Crippen LogP contribution in [-0.2, 0) is 13.0 Å². The number of rotatable bonds is 4. The first-order valence-electron chi connectivity index (χ1n) is 8.22. The summed E-state index contributed by atoms with van der Waals surface area (Å²) in [6.07, 6.45) is 1.85. The number of hydrogen-bond acceptors (Lipinski definition) is 3. The van der Waals surface area contributed by atoms with E-state index in [0.29, 0.717) is 12.0 Å². The molecule has 2 aromatic rings. The number of aliphatic hydroxyl groups excluding tert-OH is 1. The van der Waals surface area contributed by atoms with Crippen molar-refractivity contribution in [3.05, 3.63) is 52.6 Å². The summed E-state index contributed by atoms with van der Waals surface area (Å²) < 4.78 is 14.0. The van der Waals surface area contributed by atoms with E-state index in [1.165, 1.54) is 11.6 Å². The molecule has 1 saturated heterocycles. The molecule has 1 fully saturated rings. The fourth-order valence-corrected chi connectivity index (χ4v) is 3.47. The van der Waals surface area contributed by atoms with Crippen LogP contribution in [0.1, 0.15) is 35.4 Å². The number of aromatic nitrogens is 2. The highest BCUT2D eigenvalue weighted by Gasteiger charge is 2.31. The molecule has 5 heteroatoms. The second kappa shape index (κ2) is 6.81. The fraction of sp³-hybridized carbons (Fsp3) is 0.500. The maximum absolute atomic E-state index is 14.0. The molecular weight excluding hydrogens is 293 g/mol. The standard InChI is InChI=1S/C18H24FN3O/c1-12-15(13(2)21-20-12)11-22-9-5-8-18(23)17(22)10-14-6-3-4-7-16(14)19/h3-4,6-7,17-18,23H,5,8-11H2,1-2H3,(H,20,21)/t17-,18-/m0/s1. The third kappa shape index (κ3) is 3.46. The van der Waals surface area contributed by atoms with E-state index in [4.69, 9.17) is 0 Å². The van der Waals surface area contributed by atoms with Crippen molar-refractivity contribution in [2.24, 2.45) is 0 Å². The second-order valence-electron chi connectivity index (χ2n) is 6.46. The van der Waals surface area contributed by atoms with Gasteiger partial charge >= 0.3 is 0 Å². The van der Waals surface area contributed by atoms with Crippen LogP contribution in [0.5, 0.6) is 0 Å². The van der Waals surface area contributed by atoms with Gasteiger partial charge in [0.05, 0.1) is 11.8 Å². The van der Waals surface area contributed by atoms with E-state index in [2.05, 4.69) is 15.1 Å². The third-order valence-electron chi connectivity index (χ3n) is 4.89. The molecule has 124 valence electrons. The van der Waals surface area contributed by atoms with Crippen LogP contribution < -0.4 is 0 Å². The summed E-state index contributed by atoms with van der Waals surface area (Å²) in [5, 5.41) is 17.7. The summed E-state index contributed by atoms with van der Waals surface area (Å²) in [7, 11) is 0. The van der Waals surface area contributed by atoms with Crippen molar-refractivity contribution in [2.75, 3.05) is 6.54 Å². The SMILES string of the molecule is Cc1n[nH]c(C)c1CN1CCC[C@H](O)[C@@H]1Cc1ccccc1F. The van der Waals surface area contributed by atoms with Gasteiger partial charge in [0.15, 0.2) is 0 Å². The minimum Gasteiger partial charge on any atom is -0.391 e. The van der Waals surface area contributed by atoms with Gasteiger partial charge in [-0.2, -0.15) is 5.10 Å². The van der Waals surface area contributed by atoms with Crippen LogP contribution in [0.3, 0.4) is 0 Å². The topological polar surface area (TPSA) is 52.2 Å². The Bertz CT molecular complexity index is 651. The molecule has 1 aliphatic heterocycles. The van der Waals surface area contributed by atoms with Crippen molar-refractivity contribution >= 4 is 0 Å². The summed E-state index contributed by atoms with van der Waals surface area (Å²) in [6, 6.07) is 6.78. The predicted octanol–water partition coefficient (Wildman–Crippen LogP) is 2.73. The molecule has 1 aliphatic rings. The van der Waals surface area contributed by atoms with Gasteiger partial charge in [0.2, 0.25) is 0 Å². The van der Waals surface area contributed by atoms with E-state index >= 15 is 0 Å². The Morgan fingerprint density at radius 1 is 1.35 bits per heavy atom. The Balaban J connectivity index is 1.81. The monoisotopic (exact) mass is 317 g/mol. The smallest absolute Gasteiger partial charge is 0.126 e. The molecule has 0 saturated carbocycles. The lowest BCUT2D eigenvalue weighted by Crippen LogP contribution is -2.49. The average molecular weight is 317 g/mol. The number of aliphatic hydroxyl groups is 1. The molecule has 23 heavy (non-hydrogen) atoms. The van der Waals surface area contributed by atoms with Gasteiger partial charge in [-0.3, -0.25) is 10.00 Å². The average Bonchev–Trinajstić information content (AvgIpc) is 2.84. The van der Waals surface area contributed by atoms with Gasteiger partial charge in [-0.05, 0) is 51.3 Å². The van der Waals surface area contributed by atoms with Crippen LogP contribution in [0.4, 0.5) is 4.39 Å². The van der Waals surface area contributed by atoms with Gasteiger partial charge in [0.25, 0.3) is 0 Å². The van der Waals surface area contributed by atoms with Crippen molar-refractivity contribution in [3.63, 3.8) is 0 Å². The highest BCUT2D eigenvalue weighted by atomic mass is 19.1. The van der Waals surface area contributed by atoms with Crippen LogP contribution in [0.15, 0.2) is 24.3 Å². The minimum absolute atomic E-state index is 0.0608. The molecule has 2 atom stereocenters. The lowest BCUT2D eigenvalue weighted by atomic mass is 9.92. The Labute approximate surface area is 136 Å². The van der Waals surface area contributed by atoms with E-state index in [9.17, 15) is 9.50 Å². The van der Waals surface area contributed by atoms with E-state index in [1.54, 1.807) is 6.07 Å². The first-order chi connectivity index (χ1) is 11.1. The summed E-state index contributed by atoms with van der Waals surface area (Å²) in [6.45, 7) is 5.66. The van der Waals surface area contributed by atoms with Gasteiger partial charge in [0.1, 0.15) is 5.82 Å². The number of likely N-dealkylation sites (tertiary alicyclic amines) is 1. The molecular formula is C18H24FN3O. The van der Waals surface area contributed by atoms with Crippen LogP contribution in [0.25, 0.3) is 0 Å². The Morgan fingerprint density at radius 2 is 2.13 bits per heavy atom. The molecule has 0 bridgehead atoms. The van der Waals surface area contributed by atoms with E-state index < -0.39 is 6.10 Å². The normalized spacial score (nSPS) is 22.4. The zero-order valence-corrected chi connectivity index (χ0v) is 13.7. The maximum atomic E-state index is 14.0. The van der Waals surface area contributed by atoms with Gasteiger partial charge < -0.3 is 5.11 Å². The Morgan fingerprint density at radius 3 is 2.83 bits per heavy atom. The second-order valence-corrected chi connectivity index (χ2v) is 6.46. The minimum atomic E-state index is -0.420. The van der Waals surface area contributed by atoms with Crippen molar-refractivity contribution < 1.29 is 9.50 Å². The summed E-state index contributed by atoms with van der Waals surface area (Å²) in [5.41, 5.74) is 3.90. The number of nitrogens with zero attached hydrogens (tertiary/aromatic N) is 2. The fourth-order valence-electron chi connectivity index (χ4n) is 3.47. The number of H-pyrrole nitrogens is 1. The first-order valence-corrected chi connectivity index (χ1v) is 8.22. The van der Waals surface area contributed by atoms with Gasteiger partial charge in [-0.1, -0.05) is 18.2 Å². The number of piperidine rings is 1. The number of halogens is 1. The van der Waals surface area contributed by atoms with Crippen LogP contribution in [0, 0.1) is 19.7 Å². The van der Waals surface area contributed by atoms with Gasteiger partial charge in [-0.15, -0.1) is 0 Å². The Kier molecular flexibility index (Phi) is 4.78. The van der Waals surface area contributed by atoms with E-state index in [1.807, 2.05) is 26.0 Å². The van der Waals surface area contributed by atoms with E-state index in [0.717, 1.165) is 37.3 Å². The van der Waals surface area contributed by atoms with Gasteiger partial charge in [-0.25, -0.2) is 4.39 Å². The quantitative estimate of drug-likeness (QED) is 0.911. The number of aromatic amines is 1. The Hall–Kier alpha value is -1.72. The highest BCUT2D eigenvalue weighted by molar-refractivity contribution is 5.24. The van der Waals surface area contributed by atoms with Crippen molar-refractivity contribution in [3.8, 4) is 0 Å². The van der Waals surface area contributed by atoms with Crippen LogP contribution in [0.2, 0.25) is 0 Å². The molecule has 0 amide bonds. The third-order valence-corrected chi connectivity index (χ3v) is 4.89. The zero-order chi connectivity index (χ0) is 16.4. The number of benzene rings is 1. The zero-order valence-electron chi connectivity index (χ0n) is 13.7. The van der Waals surface area contributed by atoms with Crippen molar-refractivity contribution in [2.45, 2.75) is 51.8 Å². The first kappa shape index (κ1) is 16.1. The molecule has 0 unspecified atom stereocenters. The molecule has 3 rings (SSSR count). The summed E-state index contributed by atoms with van der Waals surface area (Å²) >= 11 is 0. The molecule has 2 N–H and O–H groups in total. The lowest BCUT2D eigenvalue weighted by Gasteiger charge is -2.39. The maximum Gasteiger partial charge on any atom is 0.126 e. The number of nitrogens with one attached hydrogen (secondary N) is 1. The molecule has 0 aliphatic carbocycles. The van der Waals surface area contributed by atoms with Crippen molar-refractivity contribution in [1.82, 2.24) is 15.1 Å². The van der Waals surface area contributed by atoms with E-state index in [-0.39, 0.29) is 11.9 Å². The summed E-state index contributed by atoms with van der Waals surface area (Å²) in [4.78, 5) is 2.27. The molecule has 0 radical (unpaired) electrons. The van der Waals surface area contributed by atoms with Gasteiger partial charge in [0, 0.05) is 23.8 Å². The largest absolute Gasteiger partial charge is 0.391 e. The molecule has 1 aromatic carbocycles. The molecule has 2 heterocycles. The van der Waals surface area contributed by atoms with Crippen molar-refractivity contribution in [1.29, 1.82) is 0 Å². The molecule has 1 aromatic heterocycles.